The number of para-hydroxylation sites is 1. The summed E-state index contributed by atoms with van der Waals surface area (Å²) in [5.41, 5.74) is 5.86. The number of carbonyl (C=O) groups excluding carboxylic acids is 3. The van der Waals surface area contributed by atoms with Gasteiger partial charge in [0.2, 0.25) is 11.8 Å². The molecule has 3 amide bonds. The van der Waals surface area contributed by atoms with Gasteiger partial charge in [-0.15, -0.1) is 11.8 Å². The van der Waals surface area contributed by atoms with Crippen LogP contribution in [0.4, 0.5) is 5.69 Å². The molecule has 0 bridgehead atoms. The van der Waals surface area contributed by atoms with Gasteiger partial charge in [-0.05, 0) is 31.2 Å². The predicted octanol–water partition coefficient (Wildman–Crippen LogP) is 1.56. The van der Waals surface area contributed by atoms with Crippen molar-refractivity contribution >= 4 is 35.2 Å². The van der Waals surface area contributed by atoms with Crippen molar-refractivity contribution in [1.29, 1.82) is 0 Å². The van der Waals surface area contributed by atoms with E-state index in [2.05, 4.69) is 5.32 Å². The molecule has 1 fully saturated rings. The lowest BCUT2D eigenvalue weighted by Gasteiger charge is -2.33. The second-order valence-corrected chi connectivity index (χ2v) is 7.80. The van der Waals surface area contributed by atoms with Gasteiger partial charge in [-0.25, -0.2) is 0 Å². The summed E-state index contributed by atoms with van der Waals surface area (Å²) in [6, 6.07) is 10.8. The number of anilines is 1. The number of amides is 3. The molecule has 154 valence electrons. The molecule has 0 unspecified atom stereocenters. The van der Waals surface area contributed by atoms with E-state index in [0.717, 1.165) is 4.90 Å². The number of nitrogens with one attached hydrogen (secondary N) is 1. The molecule has 1 aromatic heterocycles. The zero-order valence-electron chi connectivity index (χ0n) is 16.2. The van der Waals surface area contributed by atoms with E-state index in [1.165, 1.54) is 11.8 Å². The van der Waals surface area contributed by atoms with Crippen molar-refractivity contribution in [3.63, 3.8) is 0 Å². The van der Waals surface area contributed by atoms with Gasteiger partial charge in [0.25, 0.3) is 5.91 Å². The first-order chi connectivity index (χ1) is 13.9. The molecule has 0 aliphatic carbocycles. The van der Waals surface area contributed by atoms with Crippen LogP contribution in [0.3, 0.4) is 0 Å². The van der Waals surface area contributed by atoms with E-state index < -0.39 is 5.91 Å². The highest BCUT2D eigenvalue weighted by Gasteiger charge is 2.25. The number of hydrogen-bond donors (Lipinski definition) is 2. The number of thioether (sulfide) groups is 1. The van der Waals surface area contributed by atoms with Crippen molar-refractivity contribution in [3.05, 3.63) is 47.9 Å². The Morgan fingerprint density at radius 3 is 2.48 bits per heavy atom. The third-order valence-electron chi connectivity index (χ3n) is 4.51. The maximum absolute atomic E-state index is 12.5. The summed E-state index contributed by atoms with van der Waals surface area (Å²) < 4.78 is 5.40. The molecule has 3 N–H and O–H groups in total. The Kier molecular flexibility index (Phi) is 6.95. The lowest BCUT2D eigenvalue weighted by molar-refractivity contribution is -0.117. The number of piperazine rings is 1. The molecule has 0 radical (unpaired) electrons. The Morgan fingerprint density at radius 1 is 1.10 bits per heavy atom. The van der Waals surface area contributed by atoms with Gasteiger partial charge in [-0.1, -0.05) is 12.1 Å². The first kappa shape index (κ1) is 20.9. The summed E-state index contributed by atoms with van der Waals surface area (Å²) in [5, 5.41) is 2.90. The Morgan fingerprint density at radius 2 is 1.83 bits per heavy atom. The van der Waals surface area contributed by atoms with E-state index in [0.29, 0.717) is 43.4 Å². The number of nitrogens with two attached hydrogens (primary N) is 1. The van der Waals surface area contributed by atoms with Crippen LogP contribution >= 0.6 is 11.8 Å². The van der Waals surface area contributed by atoms with Gasteiger partial charge in [0.15, 0.2) is 5.76 Å². The summed E-state index contributed by atoms with van der Waals surface area (Å²) >= 11 is 1.29. The maximum Gasteiger partial charge on any atom is 0.289 e. The molecule has 29 heavy (non-hydrogen) atoms. The van der Waals surface area contributed by atoms with Gasteiger partial charge in [0, 0.05) is 31.1 Å². The first-order valence-electron chi connectivity index (χ1n) is 9.30. The lowest BCUT2D eigenvalue weighted by atomic mass is 10.2. The smallest absolute Gasteiger partial charge is 0.289 e. The van der Waals surface area contributed by atoms with Crippen molar-refractivity contribution in [2.24, 2.45) is 5.73 Å². The molecule has 1 aliphatic rings. The fourth-order valence-corrected chi connectivity index (χ4v) is 3.80. The van der Waals surface area contributed by atoms with Crippen LogP contribution in [0.15, 0.2) is 45.7 Å². The summed E-state index contributed by atoms with van der Waals surface area (Å²) in [6.45, 7) is 4.33. The average Bonchev–Trinajstić information content (AvgIpc) is 3.13. The van der Waals surface area contributed by atoms with E-state index in [9.17, 15) is 14.4 Å². The van der Waals surface area contributed by atoms with Crippen LogP contribution < -0.4 is 11.1 Å². The average molecular weight is 417 g/mol. The number of carbonyl (C=O) groups is 3. The highest BCUT2D eigenvalue weighted by atomic mass is 32.2. The van der Waals surface area contributed by atoms with Gasteiger partial charge in [-0.2, -0.15) is 0 Å². The summed E-state index contributed by atoms with van der Waals surface area (Å²) in [5.74, 6) is 0.532. The van der Waals surface area contributed by atoms with E-state index in [4.69, 9.17) is 10.2 Å². The topological polar surface area (TPSA) is 109 Å². The van der Waals surface area contributed by atoms with Gasteiger partial charge < -0.3 is 20.4 Å². The molecule has 8 nitrogen and oxygen atoms in total. The van der Waals surface area contributed by atoms with Gasteiger partial charge in [0.1, 0.15) is 5.76 Å². The Labute approximate surface area is 173 Å². The van der Waals surface area contributed by atoms with Crippen LogP contribution in [0.2, 0.25) is 0 Å². The third-order valence-corrected chi connectivity index (χ3v) is 5.60. The van der Waals surface area contributed by atoms with Crippen molar-refractivity contribution in [3.8, 4) is 0 Å². The zero-order chi connectivity index (χ0) is 20.8. The molecule has 0 saturated carbocycles. The molecule has 1 aromatic carbocycles. The molecule has 2 aromatic rings. The predicted molar refractivity (Wildman–Crippen MR) is 111 cm³/mol. The Balaban J connectivity index is 1.49. The first-order valence-corrected chi connectivity index (χ1v) is 10.3. The second kappa shape index (κ2) is 9.62. The van der Waals surface area contributed by atoms with Crippen LogP contribution in [0, 0.1) is 6.92 Å². The molecule has 1 aliphatic heterocycles. The van der Waals surface area contributed by atoms with Crippen LogP contribution in [-0.4, -0.2) is 66.0 Å². The molecule has 3 rings (SSSR count). The molecule has 9 heteroatoms. The number of benzene rings is 1. The van der Waals surface area contributed by atoms with Crippen LogP contribution in [-0.2, 0) is 9.59 Å². The SMILES string of the molecule is Cc1ccc(C(=O)N2CCN(CC(=O)Nc3ccccc3SCC(N)=O)CC2)o1. The van der Waals surface area contributed by atoms with Crippen LogP contribution in [0.1, 0.15) is 16.3 Å². The van der Waals surface area contributed by atoms with Crippen LogP contribution in [0.25, 0.3) is 0 Å². The monoisotopic (exact) mass is 416 g/mol. The summed E-state index contributed by atoms with van der Waals surface area (Å²) in [6.07, 6.45) is 0. The minimum atomic E-state index is -0.409. The quantitative estimate of drug-likeness (QED) is 0.663. The highest BCUT2D eigenvalue weighted by molar-refractivity contribution is 8.00. The minimum Gasteiger partial charge on any atom is -0.456 e. The number of hydrogen-bond acceptors (Lipinski definition) is 6. The minimum absolute atomic E-state index is 0.123. The van der Waals surface area contributed by atoms with E-state index in [1.54, 1.807) is 30.0 Å². The van der Waals surface area contributed by atoms with Crippen molar-refractivity contribution in [2.75, 3.05) is 43.8 Å². The summed E-state index contributed by atoms with van der Waals surface area (Å²) in [4.78, 5) is 40.4. The zero-order valence-corrected chi connectivity index (χ0v) is 17.0. The Bertz CT molecular complexity index is 890. The van der Waals surface area contributed by atoms with Gasteiger partial charge >= 0.3 is 0 Å². The third kappa shape index (κ3) is 5.85. The van der Waals surface area contributed by atoms with E-state index in [-0.39, 0.29) is 24.1 Å². The largest absolute Gasteiger partial charge is 0.456 e. The number of nitrogens with zero attached hydrogens (tertiary/aromatic N) is 2. The standard InChI is InChI=1S/C20H24N4O4S/c1-14-6-7-16(28-14)20(27)24-10-8-23(9-11-24)12-19(26)22-15-4-2-3-5-17(15)29-13-18(21)25/h2-7H,8-13H2,1H3,(H2,21,25)(H,22,26). The van der Waals surface area contributed by atoms with Crippen LogP contribution in [0.5, 0.6) is 0 Å². The molecule has 2 heterocycles. The van der Waals surface area contributed by atoms with E-state index in [1.807, 2.05) is 23.1 Å². The second-order valence-electron chi connectivity index (χ2n) is 6.78. The molecule has 0 atom stereocenters. The van der Waals surface area contributed by atoms with Gasteiger partial charge in [0.05, 0.1) is 18.0 Å². The number of rotatable bonds is 7. The molecule has 0 spiro atoms. The van der Waals surface area contributed by atoms with E-state index >= 15 is 0 Å². The molecular formula is C20H24N4O4S. The number of primary amides is 1. The maximum atomic E-state index is 12.5. The van der Waals surface area contributed by atoms with Gasteiger partial charge in [-0.3, -0.25) is 19.3 Å². The van der Waals surface area contributed by atoms with Crippen molar-refractivity contribution in [2.45, 2.75) is 11.8 Å². The van der Waals surface area contributed by atoms with Crippen molar-refractivity contribution in [1.82, 2.24) is 9.80 Å². The fraction of sp³-hybridized carbons (Fsp3) is 0.350. The molecular weight excluding hydrogens is 392 g/mol. The molecule has 1 saturated heterocycles. The Hall–Kier alpha value is -2.78. The highest BCUT2D eigenvalue weighted by Crippen LogP contribution is 2.26. The normalized spacial score (nSPS) is 14.6. The number of aryl methyl sites for hydroxylation is 1. The van der Waals surface area contributed by atoms with Crippen molar-refractivity contribution < 1.29 is 18.8 Å². The number of furan rings is 1. The fourth-order valence-electron chi connectivity index (χ4n) is 3.05. The summed E-state index contributed by atoms with van der Waals surface area (Å²) in [7, 11) is 0. The lowest BCUT2D eigenvalue weighted by Crippen LogP contribution is -2.50.